The van der Waals surface area contributed by atoms with Gasteiger partial charge < -0.3 is 10.1 Å². The number of amides is 1. The largest absolute Gasteiger partial charge is 0.494 e. The average molecular weight is 258 g/mol. The van der Waals surface area contributed by atoms with E-state index in [4.69, 9.17) is 4.74 Å². The highest BCUT2D eigenvalue weighted by atomic mass is 79.9. The second-order valence-corrected chi connectivity index (χ2v) is 3.20. The molecule has 3 nitrogen and oxygen atoms in total. The van der Waals surface area contributed by atoms with Gasteiger partial charge in [-0.3, -0.25) is 4.79 Å². The summed E-state index contributed by atoms with van der Waals surface area (Å²) in [6.07, 6.45) is 0. The highest BCUT2D eigenvalue weighted by Crippen LogP contribution is 2.15. The molecule has 0 unspecified atom stereocenters. The zero-order valence-electron chi connectivity index (χ0n) is 7.92. The summed E-state index contributed by atoms with van der Waals surface area (Å²) in [6, 6.07) is 7.28. The quantitative estimate of drug-likeness (QED) is 0.842. The van der Waals surface area contributed by atoms with E-state index in [0.717, 1.165) is 11.4 Å². The van der Waals surface area contributed by atoms with Crippen LogP contribution in [0.15, 0.2) is 24.3 Å². The standard InChI is InChI=1S/C10H12BrNO2/c1-2-14-9-5-3-8(4-6-9)12-10(13)7-11/h3-6H,2,7H2,1H3,(H,12,13). The minimum absolute atomic E-state index is 0.0610. The molecule has 1 amide bonds. The lowest BCUT2D eigenvalue weighted by molar-refractivity contribution is -0.113. The van der Waals surface area contributed by atoms with Gasteiger partial charge in [0.25, 0.3) is 0 Å². The minimum Gasteiger partial charge on any atom is -0.494 e. The van der Waals surface area contributed by atoms with E-state index in [2.05, 4.69) is 21.2 Å². The van der Waals surface area contributed by atoms with E-state index < -0.39 is 0 Å². The second-order valence-electron chi connectivity index (χ2n) is 2.64. The molecule has 0 heterocycles. The van der Waals surface area contributed by atoms with E-state index in [0.29, 0.717) is 11.9 Å². The smallest absolute Gasteiger partial charge is 0.235 e. The molecule has 0 bridgehead atoms. The summed E-state index contributed by atoms with van der Waals surface area (Å²) in [7, 11) is 0. The highest BCUT2D eigenvalue weighted by Gasteiger charge is 1.99. The number of rotatable bonds is 4. The number of carbonyl (C=O) groups is 1. The molecule has 1 aromatic rings. The summed E-state index contributed by atoms with van der Waals surface area (Å²) in [5, 5.41) is 3.03. The molecule has 0 aromatic heterocycles. The number of carbonyl (C=O) groups excluding carboxylic acids is 1. The fourth-order valence-corrected chi connectivity index (χ4v) is 1.14. The number of halogens is 1. The monoisotopic (exact) mass is 257 g/mol. The topological polar surface area (TPSA) is 38.3 Å². The van der Waals surface area contributed by atoms with Gasteiger partial charge in [-0.25, -0.2) is 0 Å². The van der Waals surface area contributed by atoms with Crippen LogP contribution in [0.4, 0.5) is 5.69 Å². The molecule has 0 atom stereocenters. The maximum Gasteiger partial charge on any atom is 0.235 e. The Balaban J connectivity index is 2.59. The first-order chi connectivity index (χ1) is 6.76. The van der Waals surface area contributed by atoms with E-state index in [1.165, 1.54) is 0 Å². The van der Waals surface area contributed by atoms with Gasteiger partial charge in [0.05, 0.1) is 11.9 Å². The molecule has 0 saturated heterocycles. The molecular formula is C10H12BrNO2. The molecule has 0 aliphatic rings. The Hall–Kier alpha value is -1.03. The van der Waals surface area contributed by atoms with Crippen LogP contribution >= 0.6 is 15.9 Å². The first-order valence-electron chi connectivity index (χ1n) is 4.35. The van der Waals surface area contributed by atoms with Crippen LogP contribution in [0.25, 0.3) is 0 Å². The SMILES string of the molecule is CCOc1ccc(NC(=O)CBr)cc1. The second kappa shape index (κ2) is 5.65. The third-order valence-electron chi connectivity index (χ3n) is 1.57. The lowest BCUT2D eigenvalue weighted by Crippen LogP contribution is -2.11. The predicted octanol–water partition coefficient (Wildman–Crippen LogP) is 2.42. The van der Waals surface area contributed by atoms with Gasteiger partial charge in [0, 0.05) is 5.69 Å². The zero-order valence-corrected chi connectivity index (χ0v) is 9.50. The summed E-state index contributed by atoms with van der Waals surface area (Å²) in [6.45, 7) is 2.58. The highest BCUT2D eigenvalue weighted by molar-refractivity contribution is 9.09. The van der Waals surface area contributed by atoms with E-state index in [1.54, 1.807) is 0 Å². The van der Waals surface area contributed by atoms with Crippen LogP contribution < -0.4 is 10.1 Å². The predicted molar refractivity (Wildman–Crippen MR) is 60.0 cm³/mol. The van der Waals surface area contributed by atoms with Gasteiger partial charge in [-0.05, 0) is 31.2 Å². The van der Waals surface area contributed by atoms with E-state index >= 15 is 0 Å². The Morgan fingerprint density at radius 3 is 2.57 bits per heavy atom. The summed E-state index contributed by atoms with van der Waals surface area (Å²) in [5.74, 6) is 0.749. The molecule has 1 rings (SSSR count). The van der Waals surface area contributed by atoms with Crippen LogP contribution in [0.3, 0.4) is 0 Å². The Labute approximate surface area is 91.6 Å². The first kappa shape index (κ1) is 11.0. The third-order valence-corrected chi connectivity index (χ3v) is 2.08. The van der Waals surface area contributed by atoms with Gasteiger partial charge >= 0.3 is 0 Å². The minimum atomic E-state index is -0.0610. The number of alkyl halides is 1. The van der Waals surface area contributed by atoms with Gasteiger partial charge in [-0.1, -0.05) is 15.9 Å². The zero-order chi connectivity index (χ0) is 10.4. The van der Waals surface area contributed by atoms with Crippen molar-refractivity contribution in [2.24, 2.45) is 0 Å². The van der Waals surface area contributed by atoms with Gasteiger partial charge in [-0.2, -0.15) is 0 Å². The Morgan fingerprint density at radius 2 is 2.07 bits per heavy atom. The summed E-state index contributed by atoms with van der Waals surface area (Å²) >= 11 is 3.07. The van der Waals surface area contributed by atoms with Crippen molar-refractivity contribution in [1.82, 2.24) is 0 Å². The van der Waals surface area contributed by atoms with Crippen LogP contribution in [-0.2, 0) is 4.79 Å². The Bertz CT molecular complexity index is 297. The fraction of sp³-hybridized carbons (Fsp3) is 0.300. The van der Waals surface area contributed by atoms with Gasteiger partial charge in [0.1, 0.15) is 5.75 Å². The first-order valence-corrected chi connectivity index (χ1v) is 5.47. The fourth-order valence-electron chi connectivity index (χ4n) is 0.996. The molecule has 0 aliphatic carbocycles. The van der Waals surface area contributed by atoms with Gasteiger partial charge in [-0.15, -0.1) is 0 Å². The Kier molecular flexibility index (Phi) is 4.46. The van der Waals surface area contributed by atoms with Crippen molar-refractivity contribution >= 4 is 27.5 Å². The Morgan fingerprint density at radius 1 is 1.43 bits per heavy atom. The maximum atomic E-state index is 11.0. The third kappa shape index (κ3) is 3.38. The van der Waals surface area contributed by atoms with Crippen molar-refractivity contribution in [1.29, 1.82) is 0 Å². The molecule has 4 heteroatoms. The van der Waals surface area contributed by atoms with E-state index in [-0.39, 0.29) is 5.91 Å². The lowest BCUT2D eigenvalue weighted by Gasteiger charge is -2.05. The molecule has 0 radical (unpaired) electrons. The van der Waals surface area contributed by atoms with Crippen LogP contribution in [0.2, 0.25) is 0 Å². The summed E-state index contributed by atoms with van der Waals surface area (Å²) in [4.78, 5) is 11.0. The number of anilines is 1. The van der Waals surface area contributed by atoms with Crippen LogP contribution in [0, 0.1) is 0 Å². The molecular weight excluding hydrogens is 246 g/mol. The van der Waals surface area contributed by atoms with Crippen molar-refractivity contribution in [2.75, 3.05) is 17.3 Å². The van der Waals surface area contributed by atoms with Gasteiger partial charge in [0.2, 0.25) is 5.91 Å². The molecule has 0 spiro atoms. The van der Waals surface area contributed by atoms with Crippen LogP contribution in [0.1, 0.15) is 6.92 Å². The van der Waals surface area contributed by atoms with Crippen LogP contribution in [0.5, 0.6) is 5.75 Å². The van der Waals surface area contributed by atoms with Crippen molar-refractivity contribution in [3.63, 3.8) is 0 Å². The van der Waals surface area contributed by atoms with Crippen molar-refractivity contribution < 1.29 is 9.53 Å². The number of ether oxygens (including phenoxy) is 1. The molecule has 0 fully saturated rings. The molecule has 1 N–H and O–H groups in total. The van der Waals surface area contributed by atoms with E-state index in [9.17, 15) is 4.79 Å². The molecule has 1 aromatic carbocycles. The van der Waals surface area contributed by atoms with E-state index in [1.807, 2.05) is 31.2 Å². The van der Waals surface area contributed by atoms with Gasteiger partial charge in [0.15, 0.2) is 0 Å². The number of nitrogens with one attached hydrogen (secondary N) is 1. The maximum absolute atomic E-state index is 11.0. The average Bonchev–Trinajstić information content (AvgIpc) is 2.21. The number of hydrogen-bond donors (Lipinski definition) is 1. The van der Waals surface area contributed by atoms with Crippen LogP contribution in [-0.4, -0.2) is 17.8 Å². The van der Waals surface area contributed by atoms with Crippen molar-refractivity contribution in [3.05, 3.63) is 24.3 Å². The molecule has 0 saturated carbocycles. The summed E-state index contributed by atoms with van der Waals surface area (Å²) < 4.78 is 5.27. The molecule has 76 valence electrons. The molecule has 14 heavy (non-hydrogen) atoms. The normalized spacial score (nSPS) is 9.57. The van der Waals surface area contributed by atoms with Crippen molar-refractivity contribution in [3.8, 4) is 5.75 Å². The lowest BCUT2D eigenvalue weighted by atomic mass is 10.3. The summed E-state index contributed by atoms with van der Waals surface area (Å²) in [5.41, 5.74) is 0.776. The molecule has 0 aliphatic heterocycles. The number of benzene rings is 1. The number of hydrogen-bond acceptors (Lipinski definition) is 2. The van der Waals surface area contributed by atoms with Crippen molar-refractivity contribution in [2.45, 2.75) is 6.92 Å².